The molecule has 0 N–H and O–H groups in total. The summed E-state index contributed by atoms with van der Waals surface area (Å²) in [6.07, 6.45) is 0.742. The van der Waals surface area contributed by atoms with Gasteiger partial charge in [-0.2, -0.15) is 0 Å². The lowest BCUT2D eigenvalue weighted by molar-refractivity contribution is 0.340. The first-order valence-corrected chi connectivity index (χ1v) is 8.83. The van der Waals surface area contributed by atoms with Gasteiger partial charge in [0.15, 0.2) is 0 Å². The predicted octanol–water partition coefficient (Wildman–Crippen LogP) is 3.23. The highest BCUT2D eigenvalue weighted by molar-refractivity contribution is 7.92. The molecule has 0 fully saturated rings. The zero-order valence-electron chi connectivity index (χ0n) is 12.7. The van der Waals surface area contributed by atoms with Crippen LogP contribution in [-0.2, 0) is 16.4 Å². The van der Waals surface area contributed by atoms with E-state index in [9.17, 15) is 8.42 Å². The fourth-order valence-electron chi connectivity index (χ4n) is 2.89. The number of hydrogen-bond acceptors (Lipinski definition) is 3. The Bertz CT molecular complexity index is 769. The second-order valence-electron chi connectivity index (χ2n) is 5.39. The van der Waals surface area contributed by atoms with Gasteiger partial charge < -0.3 is 4.74 Å². The maximum absolute atomic E-state index is 13.0. The van der Waals surface area contributed by atoms with Crippen molar-refractivity contribution in [1.82, 2.24) is 0 Å². The van der Waals surface area contributed by atoms with Crippen molar-refractivity contribution in [3.05, 3.63) is 54.1 Å². The summed E-state index contributed by atoms with van der Waals surface area (Å²) in [6.45, 7) is 4.39. The number of fused-ring (bicyclic) bond motifs is 1. The summed E-state index contributed by atoms with van der Waals surface area (Å²) in [4.78, 5) is 0.291. The van der Waals surface area contributed by atoms with Crippen LogP contribution >= 0.6 is 0 Å². The molecular weight excluding hydrogens is 298 g/mol. The van der Waals surface area contributed by atoms with Crippen LogP contribution in [0.1, 0.15) is 19.4 Å². The number of rotatable bonds is 4. The van der Waals surface area contributed by atoms with E-state index in [-0.39, 0.29) is 6.04 Å². The van der Waals surface area contributed by atoms with Crippen molar-refractivity contribution in [2.24, 2.45) is 0 Å². The van der Waals surface area contributed by atoms with E-state index in [1.165, 1.54) is 4.31 Å². The lowest BCUT2D eigenvalue weighted by atomic mass is 10.1. The quantitative estimate of drug-likeness (QED) is 0.870. The molecule has 2 aromatic carbocycles. The first-order chi connectivity index (χ1) is 10.5. The average molecular weight is 317 g/mol. The van der Waals surface area contributed by atoms with Crippen LogP contribution < -0.4 is 9.04 Å². The predicted molar refractivity (Wildman–Crippen MR) is 86.9 cm³/mol. The number of para-hydroxylation sites is 1. The molecular formula is C17H19NO3S. The van der Waals surface area contributed by atoms with Gasteiger partial charge in [-0.15, -0.1) is 0 Å². The molecule has 22 heavy (non-hydrogen) atoms. The van der Waals surface area contributed by atoms with E-state index in [0.717, 1.165) is 17.7 Å². The summed E-state index contributed by atoms with van der Waals surface area (Å²) in [5, 5.41) is 0. The van der Waals surface area contributed by atoms with Crippen molar-refractivity contribution < 1.29 is 13.2 Å². The van der Waals surface area contributed by atoms with E-state index >= 15 is 0 Å². The third kappa shape index (κ3) is 2.46. The number of nitrogens with zero attached hydrogens (tertiary/aromatic N) is 1. The van der Waals surface area contributed by atoms with E-state index in [4.69, 9.17) is 4.74 Å². The normalized spacial score (nSPS) is 17.4. The molecule has 1 aliphatic rings. The zero-order chi connectivity index (χ0) is 15.7. The molecule has 4 nitrogen and oxygen atoms in total. The fraction of sp³-hybridized carbons (Fsp3) is 0.294. The molecule has 0 spiro atoms. The molecule has 0 radical (unpaired) electrons. The van der Waals surface area contributed by atoms with Gasteiger partial charge in [-0.3, -0.25) is 4.31 Å². The first-order valence-electron chi connectivity index (χ1n) is 7.39. The molecule has 2 aromatic rings. The van der Waals surface area contributed by atoms with Crippen LogP contribution in [0.4, 0.5) is 5.69 Å². The van der Waals surface area contributed by atoms with E-state index < -0.39 is 10.0 Å². The second-order valence-corrected chi connectivity index (χ2v) is 7.20. The smallest absolute Gasteiger partial charge is 0.264 e. The number of anilines is 1. The highest BCUT2D eigenvalue weighted by Crippen LogP contribution is 2.36. The molecule has 0 aliphatic carbocycles. The Kier molecular flexibility index (Phi) is 3.83. The average Bonchev–Trinajstić information content (AvgIpc) is 2.84. The van der Waals surface area contributed by atoms with Crippen LogP contribution in [0, 0.1) is 0 Å². The molecule has 1 heterocycles. The Morgan fingerprint density at radius 3 is 2.50 bits per heavy atom. The van der Waals surface area contributed by atoms with Crippen molar-refractivity contribution in [2.75, 3.05) is 10.9 Å². The molecule has 0 bridgehead atoms. The Balaban J connectivity index is 1.99. The van der Waals surface area contributed by atoms with Gasteiger partial charge >= 0.3 is 0 Å². The molecule has 116 valence electrons. The van der Waals surface area contributed by atoms with Crippen molar-refractivity contribution in [3.8, 4) is 5.75 Å². The minimum atomic E-state index is -3.56. The van der Waals surface area contributed by atoms with Gasteiger partial charge in [-0.05, 0) is 56.2 Å². The number of ether oxygens (including phenoxy) is 1. The monoisotopic (exact) mass is 317 g/mol. The Morgan fingerprint density at radius 2 is 1.82 bits per heavy atom. The van der Waals surface area contributed by atoms with Gasteiger partial charge in [0.1, 0.15) is 5.75 Å². The third-order valence-corrected chi connectivity index (χ3v) is 5.78. The maximum Gasteiger partial charge on any atom is 0.264 e. The van der Waals surface area contributed by atoms with Gasteiger partial charge in [-0.25, -0.2) is 8.42 Å². The van der Waals surface area contributed by atoms with Crippen LogP contribution in [0.5, 0.6) is 5.75 Å². The molecule has 1 aliphatic heterocycles. The Morgan fingerprint density at radius 1 is 1.14 bits per heavy atom. The standard InChI is InChI=1S/C17H19NO3S/c1-3-21-15-8-10-16(11-9-15)22(19,20)18-13(2)12-14-6-4-5-7-17(14)18/h4-11,13H,3,12H2,1-2H3/t13-/m0/s1. The van der Waals surface area contributed by atoms with Crippen LogP contribution in [-0.4, -0.2) is 21.1 Å². The molecule has 3 rings (SSSR count). The van der Waals surface area contributed by atoms with E-state index in [1.807, 2.05) is 38.1 Å². The minimum Gasteiger partial charge on any atom is -0.494 e. The van der Waals surface area contributed by atoms with Crippen LogP contribution in [0.2, 0.25) is 0 Å². The maximum atomic E-state index is 13.0. The lowest BCUT2D eigenvalue weighted by Crippen LogP contribution is -2.35. The summed E-state index contributed by atoms with van der Waals surface area (Å²) in [5.41, 5.74) is 1.85. The summed E-state index contributed by atoms with van der Waals surface area (Å²) in [7, 11) is -3.56. The molecule has 0 unspecified atom stereocenters. The number of benzene rings is 2. The Hall–Kier alpha value is -2.01. The SMILES string of the molecule is CCOc1ccc(S(=O)(=O)N2c3ccccc3C[C@@H]2C)cc1. The van der Waals surface area contributed by atoms with E-state index in [1.54, 1.807) is 24.3 Å². The second kappa shape index (κ2) is 5.65. The van der Waals surface area contributed by atoms with Crippen molar-refractivity contribution in [1.29, 1.82) is 0 Å². The van der Waals surface area contributed by atoms with Gasteiger partial charge in [0.05, 0.1) is 17.2 Å². The highest BCUT2D eigenvalue weighted by atomic mass is 32.2. The summed E-state index contributed by atoms with van der Waals surface area (Å²) >= 11 is 0. The lowest BCUT2D eigenvalue weighted by Gasteiger charge is -2.24. The van der Waals surface area contributed by atoms with Crippen LogP contribution in [0.3, 0.4) is 0 Å². The summed E-state index contributed by atoms with van der Waals surface area (Å²) in [5.74, 6) is 0.677. The molecule has 1 atom stereocenters. The van der Waals surface area contributed by atoms with Gasteiger partial charge in [0.25, 0.3) is 10.0 Å². The van der Waals surface area contributed by atoms with Crippen LogP contribution in [0.15, 0.2) is 53.4 Å². The topological polar surface area (TPSA) is 46.6 Å². The van der Waals surface area contributed by atoms with Crippen LogP contribution in [0.25, 0.3) is 0 Å². The molecule has 0 aromatic heterocycles. The zero-order valence-corrected chi connectivity index (χ0v) is 13.5. The van der Waals surface area contributed by atoms with Crippen molar-refractivity contribution >= 4 is 15.7 Å². The third-order valence-electron chi connectivity index (χ3n) is 3.84. The van der Waals surface area contributed by atoms with Crippen molar-refractivity contribution in [3.63, 3.8) is 0 Å². The minimum absolute atomic E-state index is 0.0750. The fourth-order valence-corrected chi connectivity index (χ4v) is 4.58. The molecule has 0 amide bonds. The van der Waals surface area contributed by atoms with E-state index in [0.29, 0.717) is 17.3 Å². The van der Waals surface area contributed by atoms with Gasteiger partial charge in [0.2, 0.25) is 0 Å². The number of sulfonamides is 1. The number of hydrogen-bond donors (Lipinski definition) is 0. The summed E-state index contributed by atoms with van der Waals surface area (Å²) in [6, 6.07) is 14.2. The first kappa shape index (κ1) is 14.9. The summed E-state index contributed by atoms with van der Waals surface area (Å²) < 4.78 is 32.8. The highest BCUT2D eigenvalue weighted by Gasteiger charge is 2.35. The Labute approximate surface area is 131 Å². The largest absolute Gasteiger partial charge is 0.494 e. The molecule has 5 heteroatoms. The molecule has 0 saturated heterocycles. The van der Waals surface area contributed by atoms with Crippen molar-refractivity contribution in [2.45, 2.75) is 31.2 Å². The molecule has 0 saturated carbocycles. The van der Waals surface area contributed by atoms with E-state index in [2.05, 4.69) is 0 Å². The van der Waals surface area contributed by atoms with Gasteiger partial charge in [-0.1, -0.05) is 18.2 Å². The van der Waals surface area contributed by atoms with Gasteiger partial charge in [0, 0.05) is 6.04 Å².